The molecule has 1 aromatic heterocycles. The van der Waals surface area contributed by atoms with E-state index >= 15 is 0 Å². The second kappa shape index (κ2) is 7.88. The third-order valence-corrected chi connectivity index (χ3v) is 5.63. The summed E-state index contributed by atoms with van der Waals surface area (Å²) in [5.74, 6) is 0.719. The quantitative estimate of drug-likeness (QED) is 0.741. The number of anilines is 1. The van der Waals surface area contributed by atoms with Crippen LogP contribution in [0.1, 0.15) is 41.6 Å². The van der Waals surface area contributed by atoms with Crippen molar-refractivity contribution in [3.63, 3.8) is 0 Å². The lowest BCUT2D eigenvalue weighted by molar-refractivity contribution is 0.0950. The molecular weight excluding hydrogens is 356 g/mol. The Labute approximate surface area is 163 Å². The van der Waals surface area contributed by atoms with Gasteiger partial charge in [0, 0.05) is 30.9 Å². The minimum atomic E-state index is -0.957. The van der Waals surface area contributed by atoms with Gasteiger partial charge in [-0.3, -0.25) is 4.79 Å². The summed E-state index contributed by atoms with van der Waals surface area (Å²) in [4.78, 5) is 30.1. The van der Waals surface area contributed by atoms with Crippen molar-refractivity contribution in [2.24, 2.45) is 0 Å². The largest absolute Gasteiger partial charge is 0.465 e. The van der Waals surface area contributed by atoms with Gasteiger partial charge in [-0.2, -0.15) is 0 Å². The fourth-order valence-corrected chi connectivity index (χ4v) is 4.40. The maximum absolute atomic E-state index is 12.4. The van der Waals surface area contributed by atoms with Gasteiger partial charge in [0.15, 0.2) is 0 Å². The zero-order valence-corrected chi connectivity index (χ0v) is 15.5. The minimum Gasteiger partial charge on any atom is -0.465 e. The number of carbonyl (C=O) groups excluding carboxylic acids is 1. The van der Waals surface area contributed by atoms with E-state index in [4.69, 9.17) is 5.11 Å². The van der Waals surface area contributed by atoms with Gasteiger partial charge in [0.2, 0.25) is 0 Å². The van der Waals surface area contributed by atoms with Gasteiger partial charge in [-0.1, -0.05) is 30.3 Å². The Morgan fingerprint density at radius 3 is 2.39 bits per heavy atom. The number of hydrogen-bond acceptors (Lipinski definition) is 4. The molecule has 0 radical (unpaired) electrons. The zero-order chi connectivity index (χ0) is 19.5. The summed E-state index contributed by atoms with van der Waals surface area (Å²) in [6.45, 7) is 0.482. The molecule has 0 aliphatic carbocycles. The molecule has 2 atom stereocenters. The number of fused-ring (bicyclic) bond motifs is 2. The first-order valence-corrected chi connectivity index (χ1v) is 9.66. The molecule has 2 amide bonds. The van der Waals surface area contributed by atoms with Crippen molar-refractivity contribution in [2.45, 2.75) is 50.4 Å². The van der Waals surface area contributed by atoms with Crippen molar-refractivity contribution in [3.8, 4) is 0 Å². The van der Waals surface area contributed by atoms with Crippen LogP contribution in [0.3, 0.4) is 0 Å². The number of amides is 2. The lowest BCUT2D eigenvalue weighted by Crippen LogP contribution is -2.50. The van der Waals surface area contributed by atoms with Crippen LogP contribution in [0.5, 0.6) is 0 Å². The van der Waals surface area contributed by atoms with Crippen LogP contribution in [0, 0.1) is 0 Å². The van der Waals surface area contributed by atoms with E-state index in [0.717, 1.165) is 37.1 Å². The molecule has 2 aromatic rings. The Hall–Kier alpha value is -3.09. The number of hydrogen-bond donors (Lipinski definition) is 3. The van der Waals surface area contributed by atoms with Crippen LogP contribution in [0.25, 0.3) is 0 Å². The molecule has 2 fully saturated rings. The highest BCUT2D eigenvalue weighted by Crippen LogP contribution is 2.38. The van der Waals surface area contributed by atoms with Gasteiger partial charge in [-0.25, -0.2) is 9.78 Å². The third kappa shape index (κ3) is 3.93. The second-order valence-corrected chi connectivity index (χ2v) is 7.48. The summed E-state index contributed by atoms with van der Waals surface area (Å²) in [5.41, 5.74) is 1.59. The minimum absolute atomic E-state index is 0.00860. The molecule has 1 aromatic carbocycles. The number of pyridine rings is 1. The molecule has 146 valence electrons. The molecule has 2 aliphatic heterocycles. The van der Waals surface area contributed by atoms with E-state index in [-0.39, 0.29) is 11.9 Å². The molecule has 7 nitrogen and oxygen atoms in total. The lowest BCUT2D eigenvalue weighted by atomic mass is 9.97. The number of piperidine rings is 1. The van der Waals surface area contributed by atoms with Crippen molar-refractivity contribution < 1.29 is 14.7 Å². The first kappa shape index (κ1) is 18.3. The van der Waals surface area contributed by atoms with Crippen molar-refractivity contribution in [2.75, 3.05) is 4.90 Å². The Kier molecular flexibility index (Phi) is 5.14. The van der Waals surface area contributed by atoms with Gasteiger partial charge in [-0.05, 0) is 43.4 Å². The van der Waals surface area contributed by atoms with E-state index in [1.165, 1.54) is 0 Å². The van der Waals surface area contributed by atoms with Crippen LogP contribution in [0.4, 0.5) is 10.6 Å². The van der Waals surface area contributed by atoms with Crippen molar-refractivity contribution >= 4 is 17.8 Å². The van der Waals surface area contributed by atoms with Crippen molar-refractivity contribution in [1.82, 2.24) is 15.6 Å². The van der Waals surface area contributed by atoms with E-state index in [9.17, 15) is 9.59 Å². The van der Waals surface area contributed by atoms with Gasteiger partial charge in [0.05, 0.1) is 5.56 Å². The number of benzene rings is 1. The molecule has 2 bridgehead atoms. The molecular formula is C21H24N4O3. The fourth-order valence-electron chi connectivity index (χ4n) is 4.40. The molecule has 7 heteroatoms. The normalized spacial score (nSPS) is 23.3. The predicted octanol–water partition coefficient (Wildman–Crippen LogP) is 2.78. The van der Waals surface area contributed by atoms with Gasteiger partial charge in [-0.15, -0.1) is 0 Å². The Morgan fingerprint density at radius 2 is 1.79 bits per heavy atom. The highest BCUT2D eigenvalue weighted by Gasteiger charge is 2.41. The second-order valence-electron chi connectivity index (χ2n) is 7.48. The molecule has 2 unspecified atom stereocenters. The summed E-state index contributed by atoms with van der Waals surface area (Å²) in [7, 11) is 0. The SMILES string of the molecule is O=C(O)NC1CC2CCC(C1)N2c1ccc(C(=O)NCc2ccccc2)cn1. The highest BCUT2D eigenvalue weighted by molar-refractivity contribution is 5.94. The smallest absolute Gasteiger partial charge is 0.404 e. The topological polar surface area (TPSA) is 94.6 Å². The summed E-state index contributed by atoms with van der Waals surface area (Å²) >= 11 is 0. The van der Waals surface area contributed by atoms with E-state index < -0.39 is 6.09 Å². The van der Waals surface area contributed by atoms with Gasteiger partial charge < -0.3 is 20.6 Å². The average molecular weight is 380 g/mol. The van der Waals surface area contributed by atoms with Crippen LogP contribution < -0.4 is 15.5 Å². The molecule has 0 saturated carbocycles. The molecule has 3 N–H and O–H groups in total. The fraction of sp³-hybridized carbons (Fsp3) is 0.381. The Balaban J connectivity index is 1.38. The molecule has 2 saturated heterocycles. The van der Waals surface area contributed by atoms with Gasteiger partial charge >= 0.3 is 6.09 Å². The van der Waals surface area contributed by atoms with Crippen molar-refractivity contribution in [3.05, 3.63) is 59.8 Å². The number of aromatic nitrogens is 1. The van der Waals surface area contributed by atoms with E-state index in [0.29, 0.717) is 24.2 Å². The average Bonchev–Trinajstić information content (AvgIpc) is 2.97. The summed E-state index contributed by atoms with van der Waals surface area (Å²) < 4.78 is 0. The molecule has 2 aliphatic rings. The summed E-state index contributed by atoms with van der Waals surface area (Å²) in [5, 5.41) is 14.5. The molecule has 4 rings (SSSR count). The van der Waals surface area contributed by atoms with Gasteiger partial charge in [0.1, 0.15) is 5.82 Å². The molecule has 3 heterocycles. The van der Waals surface area contributed by atoms with E-state index in [1.807, 2.05) is 42.5 Å². The highest BCUT2D eigenvalue weighted by atomic mass is 16.4. The van der Waals surface area contributed by atoms with Crippen LogP contribution in [0.2, 0.25) is 0 Å². The lowest BCUT2D eigenvalue weighted by Gasteiger charge is -2.39. The maximum Gasteiger partial charge on any atom is 0.404 e. The van der Waals surface area contributed by atoms with E-state index in [2.05, 4.69) is 20.5 Å². The maximum atomic E-state index is 12.4. The Morgan fingerprint density at radius 1 is 1.07 bits per heavy atom. The standard InChI is InChI=1S/C21H24N4O3/c26-20(23-12-14-4-2-1-3-5-14)15-6-9-19(22-13-15)25-17-7-8-18(25)11-16(10-17)24-21(27)28/h1-6,9,13,16-18,24H,7-8,10-12H2,(H,23,26)(H,27,28). The van der Waals surface area contributed by atoms with Gasteiger partial charge in [0.25, 0.3) is 5.91 Å². The van der Waals surface area contributed by atoms with Crippen LogP contribution in [-0.2, 0) is 6.54 Å². The number of nitrogens with one attached hydrogen (secondary N) is 2. The summed E-state index contributed by atoms with van der Waals surface area (Å²) in [6, 6.07) is 14.1. The number of rotatable bonds is 5. The number of carbonyl (C=O) groups is 2. The number of carboxylic acid groups (broad SMARTS) is 1. The molecule has 0 spiro atoms. The first-order valence-electron chi connectivity index (χ1n) is 9.66. The molecule has 28 heavy (non-hydrogen) atoms. The predicted molar refractivity (Wildman–Crippen MR) is 105 cm³/mol. The van der Waals surface area contributed by atoms with Crippen molar-refractivity contribution in [1.29, 1.82) is 0 Å². The Bertz CT molecular complexity index is 826. The third-order valence-electron chi connectivity index (χ3n) is 5.63. The van der Waals surface area contributed by atoms with Crippen LogP contribution in [0.15, 0.2) is 48.7 Å². The first-order chi connectivity index (χ1) is 13.6. The van der Waals surface area contributed by atoms with Crippen LogP contribution in [-0.4, -0.2) is 40.2 Å². The zero-order valence-electron chi connectivity index (χ0n) is 15.5. The van der Waals surface area contributed by atoms with E-state index in [1.54, 1.807) is 6.20 Å². The van der Waals surface area contributed by atoms with Crippen LogP contribution >= 0.6 is 0 Å². The monoisotopic (exact) mass is 380 g/mol. The summed E-state index contributed by atoms with van der Waals surface area (Å²) in [6.07, 6.45) is 4.35. The number of nitrogens with zero attached hydrogens (tertiary/aromatic N) is 2.